The van der Waals surface area contributed by atoms with Gasteiger partial charge in [-0.2, -0.15) is 0 Å². The fourth-order valence-electron chi connectivity index (χ4n) is 3.63. The molecule has 3 rings (SSSR count). The summed E-state index contributed by atoms with van der Waals surface area (Å²) in [5.41, 5.74) is 0.419. The molecule has 1 spiro atoms. The molecule has 0 saturated carbocycles. The predicted octanol–water partition coefficient (Wildman–Crippen LogP) is 3.10. The van der Waals surface area contributed by atoms with Crippen LogP contribution in [-0.2, 0) is 4.79 Å². The van der Waals surface area contributed by atoms with E-state index in [0.717, 1.165) is 39.0 Å². The maximum absolute atomic E-state index is 12.8. The first kappa shape index (κ1) is 16.6. The molecular weight excluding hydrogens is 312 g/mol. The molecule has 2 heterocycles. The standard InChI is InChI=1S/C18H25ClN2O2/c1-2-15(23-16-6-4-3-5-14(16)19)17(22)21-11-8-18(9-12-21)7-10-20-13-18/h3-6,15,20H,2,7-13H2,1H3. The van der Waals surface area contributed by atoms with Gasteiger partial charge in [-0.25, -0.2) is 0 Å². The Labute approximate surface area is 143 Å². The van der Waals surface area contributed by atoms with Crippen LogP contribution in [0.1, 0.15) is 32.6 Å². The molecule has 2 saturated heterocycles. The second kappa shape index (κ2) is 7.10. The number of nitrogens with one attached hydrogen (secondary N) is 1. The summed E-state index contributed by atoms with van der Waals surface area (Å²) in [6.45, 7) is 5.86. The number of hydrogen-bond acceptors (Lipinski definition) is 3. The second-order valence-electron chi connectivity index (χ2n) is 6.70. The summed E-state index contributed by atoms with van der Waals surface area (Å²) in [5.74, 6) is 0.677. The molecule has 4 nitrogen and oxygen atoms in total. The lowest BCUT2D eigenvalue weighted by atomic mass is 9.78. The molecule has 2 aliphatic rings. The van der Waals surface area contributed by atoms with Crippen LogP contribution < -0.4 is 10.1 Å². The van der Waals surface area contributed by atoms with Crippen molar-refractivity contribution in [2.24, 2.45) is 5.41 Å². The summed E-state index contributed by atoms with van der Waals surface area (Å²) in [5, 5.41) is 4.01. The maximum atomic E-state index is 12.8. The molecule has 23 heavy (non-hydrogen) atoms. The Morgan fingerprint density at radius 3 is 2.70 bits per heavy atom. The van der Waals surface area contributed by atoms with E-state index in [1.165, 1.54) is 6.42 Å². The SMILES string of the molecule is CCC(Oc1ccccc1Cl)C(=O)N1CCC2(CCNC2)CC1. The molecule has 126 valence electrons. The summed E-state index contributed by atoms with van der Waals surface area (Å²) in [4.78, 5) is 14.8. The molecule has 0 aliphatic carbocycles. The zero-order chi connectivity index (χ0) is 16.3. The highest BCUT2D eigenvalue weighted by Gasteiger charge is 2.39. The number of nitrogens with zero attached hydrogens (tertiary/aromatic N) is 1. The number of rotatable bonds is 4. The lowest BCUT2D eigenvalue weighted by molar-refractivity contribution is -0.141. The van der Waals surface area contributed by atoms with Crippen LogP contribution in [0, 0.1) is 5.41 Å². The zero-order valence-corrected chi connectivity index (χ0v) is 14.4. The predicted molar refractivity (Wildman–Crippen MR) is 91.9 cm³/mol. The number of para-hydroxylation sites is 1. The minimum atomic E-state index is -0.453. The quantitative estimate of drug-likeness (QED) is 0.918. The van der Waals surface area contributed by atoms with Gasteiger partial charge in [-0.05, 0) is 49.8 Å². The van der Waals surface area contributed by atoms with Crippen molar-refractivity contribution in [2.45, 2.75) is 38.7 Å². The first-order valence-electron chi connectivity index (χ1n) is 8.54. The molecule has 2 fully saturated rings. The monoisotopic (exact) mass is 336 g/mol. The number of amides is 1. The molecule has 1 aromatic rings. The lowest BCUT2D eigenvalue weighted by Gasteiger charge is -2.39. The van der Waals surface area contributed by atoms with Crippen molar-refractivity contribution in [1.82, 2.24) is 10.2 Å². The largest absolute Gasteiger partial charge is 0.479 e. The zero-order valence-electron chi connectivity index (χ0n) is 13.7. The maximum Gasteiger partial charge on any atom is 0.263 e. The fourth-order valence-corrected chi connectivity index (χ4v) is 3.81. The van der Waals surface area contributed by atoms with Gasteiger partial charge in [-0.3, -0.25) is 4.79 Å². The first-order valence-corrected chi connectivity index (χ1v) is 8.92. The summed E-state index contributed by atoms with van der Waals surface area (Å²) < 4.78 is 5.89. The Kier molecular flexibility index (Phi) is 5.12. The Bertz CT molecular complexity index is 548. The van der Waals surface area contributed by atoms with Crippen molar-refractivity contribution >= 4 is 17.5 Å². The molecule has 2 aliphatic heterocycles. The van der Waals surface area contributed by atoms with Gasteiger partial charge in [0.05, 0.1) is 5.02 Å². The second-order valence-corrected chi connectivity index (χ2v) is 7.10. The van der Waals surface area contributed by atoms with Gasteiger partial charge in [0.1, 0.15) is 5.75 Å². The third-order valence-corrected chi connectivity index (χ3v) is 5.53. The van der Waals surface area contributed by atoms with Gasteiger partial charge in [0.2, 0.25) is 0 Å². The average Bonchev–Trinajstić information content (AvgIpc) is 3.02. The highest BCUT2D eigenvalue weighted by Crippen LogP contribution is 2.37. The molecule has 1 aromatic carbocycles. The van der Waals surface area contributed by atoms with Crippen molar-refractivity contribution in [2.75, 3.05) is 26.2 Å². The molecule has 0 radical (unpaired) electrons. The van der Waals surface area contributed by atoms with Crippen molar-refractivity contribution in [3.05, 3.63) is 29.3 Å². The van der Waals surface area contributed by atoms with Gasteiger partial charge < -0.3 is 15.0 Å². The summed E-state index contributed by atoms with van der Waals surface area (Å²) in [6, 6.07) is 7.33. The van der Waals surface area contributed by atoms with Crippen LogP contribution >= 0.6 is 11.6 Å². The highest BCUT2D eigenvalue weighted by molar-refractivity contribution is 6.32. The summed E-state index contributed by atoms with van der Waals surface area (Å²) >= 11 is 6.14. The van der Waals surface area contributed by atoms with E-state index < -0.39 is 6.10 Å². The van der Waals surface area contributed by atoms with Crippen LogP contribution in [-0.4, -0.2) is 43.1 Å². The molecule has 0 aromatic heterocycles. The van der Waals surface area contributed by atoms with Gasteiger partial charge >= 0.3 is 0 Å². The average molecular weight is 337 g/mol. The molecule has 5 heteroatoms. The van der Waals surface area contributed by atoms with Crippen LogP contribution in [0.4, 0.5) is 0 Å². The first-order chi connectivity index (χ1) is 11.1. The van der Waals surface area contributed by atoms with Crippen molar-refractivity contribution < 1.29 is 9.53 Å². The number of carbonyl (C=O) groups is 1. The van der Waals surface area contributed by atoms with Crippen molar-refractivity contribution in [3.8, 4) is 5.75 Å². The molecule has 1 amide bonds. The molecule has 0 bridgehead atoms. The fraction of sp³-hybridized carbons (Fsp3) is 0.611. The summed E-state index contributed by atoms with van der Waals surface area (Å²) in [6.07, 6.45) is 3.61. The van der Waals surface area contributed by atoms with Gasteiger partial charge in [-0.15, -0.1) is 0 Å². The Hall–Kier alpha value is -1.26. The summed E-state index contributed by atoms with van der Waals surface area (Å²) in [7, 11) is 0. The minimum absolute atomic E-state index is 0.0909. The van der Waals surface area contributed by atoms with Crippen LogP contribution in [0.2, 0.25) is 5.02 Å². The number of hydrogen-bond donors (Lipinski definition) is 1. The highest BCUT2D eigenvalue weighted by atomic mass is 35.5. The lowest BCUT2D eigenvalue weighted by Crippen LogP contribution is -2.48. The molecule has 1 unspecified atom stereocenters. The van der Waals surface area contributed by atoms with E-state index in [0.29, 0.717) is 22.6 Å². The number of likely N-dealkylation sites (tertiary alicyclic amines) is 1. The van der Waals surface area contributed by atoms with Crippen LogP contribution in [0.5, 0.6) is 5.75 Å². The Morgan fingerprint density at radius 1 is 1.35 bits per heavy atom. The van der Waals surface area contributed by atoms with E-state index in [1.54, 1.807) is 6.07 Å². The number of halogens is 1. The third-order valence-electron chi connectivity index (χ3n) is 5.22. The van der Waals surface area contributed by atoms with E-state index in [-0.39, 0.29) is 5.91 Å². The molecule has 1 atom stereocenters. The normalized spacial score (nSPS) is 21.4. The van der Waals surface area contributed by atoms with Crippen molar-refractivity contribution in [1.29, 1.82) is 0 Å². The van der Waals surface area contributed by atoms with Crippen LogP contribution in [0.3, 0.4) is 0 Å². The third kappa shape index (κ3) is 3.64. The minimum Gasteiger partial charge on any atom is -0.479 e. The Balaban J connectivity index is 1.61. The van der Waals surface area contributed by atoms with Crippen molar-refractivity contribution in [3.63, 3.8) is 0 Å². The topological polar surface area (TPSA) is 41.6 Å². The number of benzene rings is 1. The van der Waals surface area contributed by atoms with Crippen LogP contribution in [0.25, 0.3) is 0 Å². The van der Waals surface area contributed by atoms with E-state index in [9.17, 15) is 4.79 Å². The molecular formula is C18H25ClN2O2. The number of piperidine rings is 1. The smallest absolute Gasteiger partial charge is 0.263 e. The van der Waals surface area contributed by atoms with Gasteiger partial charge in [0.25, 0.3) is 5.91 Å². The number of carbonyl (C=O) groups excluding carboxylic acids is 1. The van der Waals surface area contributed by atoms with E-state index in [1.807, 2.05) is 30.0 Å². The Morgan fingerprint density at radius 2 is 2.09 bits per heavy atom. The number of ether oxygens (including phenoxy) is 1. The van der Waals surface area contributed by atoms with E-state index >= 15 is 0 Å². The van der Waals surface area contributed by atoms with Gasteiger partial charge in [-0.1, -0.05) is 30.7 Å². The van der Waals surface area contributed by atoms with Crippen LogP contribution in [0.15, 0.2) is 24.3 Å². The van der Waals surface area contributed by atoms with Gasteiger partial charge in [0.15, 0.2) is 6.10 Å². The molecule has 1 N–H and O–H groups in total. The van der Waals surface area contributed by atoms with E-state index in [2.05, 4.69) is 5.32 Å². The van der Waals surface area contributed by atoms with E-state index in [4.69, 9.17) is 16.3 Å². The van der Waals surface area contributed by atoms with Gasteiger partial charge in [0, 0.05) is 19.6 Å².